The Labute approximate surface area is 194 Å². The first-order valence-corrected chi connectivity index (χ1v) is 11.2. The summed E-state index contributed by atoms with van der Waals surface area (Å²) in [7, 11) is 0. The van der Waals surface area contributed by atoms with Crippen LogP contribution in [0.3, 0.4) is 0 Å². The van der Waals surface area contributed by atoms with Crippen molar-refractivity contribution in [1.29, 1.82) is 0 Å². The Balaban J connectivity index is 1.63. The van der Waals surface area contributed by atoms with E-state index in [2.05, 4.69) is 24.3 Å². The lowest BCUT2D eigenvalue weighted by Gasteiger charge is -2.12. The van der Waals surface area contributed by atoms with Crippen LogP contribution in [0.4, 0.5) is 0 Å². The van der Waals surface area contributed by atoms with Crippen LogP contribution in [0.25, 0.3) is 22.1 Å². The lowest BCUT2D eigenvalue weighted by molar-refractivity contribution is -0.142. The monoisotopic (exact) mass is 443 g/mol. The number of benzene rings is 3. The van der Waals surface area contributed by atoms with E-state index in [0.717, 1.165) is 49.9 Å². The summed E-state index contributed by atoms with van der Waals surface area (Å²) in [6.07, 6.45) is 1.93. The van der Waals surface area contributed by atoms with Crippen LogP contribution < -0.4 is 10.5 Å². The molecule has 0 radical (unpaired) electrons. The number of rotatable bonds is 8. The molecule has 5 heteroatoms. The van der Waals surface area contributed by atoms with Crippen LogP contribution in [0.2, 0.25) is 0 Å². The predicted octanol–water partition coefficient (Wildman–Crippen LogP) is 5.86. The molecule has 0 fully saturated rings. The minimum Gasteiger partial charge on any atom is -0.488 e. The number of esters is 1. The molecule has 0 bridgehead atoms. The van der Waals surface area contributed by atoms with Crippen LogP contribution >= 0.6 is 0 Å². The summed E-state index contributed by atoms with van der Waals surface area (Å²) in [5, 5.41) is 1.02. The van der Waals surface area contributed by atoms with Crippen LogP contribution in [0.1, 0.15) is 34.7 Å². The third-order valence-corrected chi connectivity index (χ3v) is 5.68. The van der Waals surface area contributed by atoms with E-state index in [4.69, 9.17) is 19.6 Å². The third-order valence-electron chi connectivity index (χ3n) is 5.68. The molecular weight excluding hydrogens is 414 g/mol. The predicted molar refractivity (Wildman–Crippen MR) is 130 cm³/mol. The fraction of sp³-hybridized carbons (Fsp3) is 0.250. The van der Waals surface area contributed by atoms with Crippen molar-refractivity contribution in [3.63, 3.8) is 0 Å². The molecule has 5 nitrogen and oxygen atoms in total. The molecule has 4 aromatic rings. The van der Waals surface area contributed by atoms with E-state index in [1.165, 1.54) is 0 Å². The Morgan fingerprint density at radius 2 is 1.85 bits per heavy atom. The molecular formula is C28H29NO4. The average molecular weight is 444 g/mol. The van der Waals surface area contributed by atoms with Gasteiger partial charge in [0.05, 0.1) is 19.3 Å². The second kappa shape index (κ2) is 9.92. The van der Waals surface area contributed by atoms with E-state index >= 15 is 0 Å². The van der Waals surface area contributed by atoms with Crippen LogP contribution in [0, 0.1) is 13.8 Å². The van der Waals surface area contributed by atoms with Crippen molar-refractivity contribution in [2.24, 2.45) is 5.73 Å². The maximum atomic E-state index is 12.0. The van der Waals surface area contributed by atoms with E-state index in [1.54, 1.807) is 13.2 Å². The highest BCUT2D eigenvalue weighted by atomic mass is 16.5. The largest absolute Gasteiger partial charge is 0.488 e. The SMILES string of the molecule is CCOC(=O)Cc1ccc(C)cc1OCc1coc2c(C)cc(-c3cccc(CN)c3)cc12. The highest BCUT2D eigenvalue weighted by molar-refractivity contribution is 5.89. The molecule has 0 unspecified atom stereocenters. The van der Waals surface area contributed by atoms with Gasteiger partial charge in [-0.25, -0.2) is 0 Å². The first kappa shape index (κ1) is 22.6. The molecule has 0 saturated heterocycles. The van der Waals surface area contributed by atoms with Crippen molar-refractivity contribution in [2.75, 3.05) is 6.61 Å². The lowest BCUT2D eigenvalue weighted by atomic mass is 9.98. The molecule has 0 saturated carbocycles. The zero-order valence-electron chi connectivity index (χ0n) is 19.3. The number of carbonyl (C=O) groups excluding carboxylic acids is 1. The van der Waals surface area contributed by atoms with Gasteiger partial charge < -0.3 is 19.6 Å². The van der Waals surface area contributed by atoms with Crippen LogP contribution in [-0.2, 0) is 29.1 Å². The number of hydrogen-bond acceptors (Lipinski definition) is 5. The summed E-state index contributed by atoms with van der Waals surface area (Å²) in [4.78, 5) is 12.0. The Hall–Kier alpha value is -3.57. The number of ether oxygens (including phenoxy) is 2. The van der Waals surface area contributed by atoms with Crippen molar-refractivity contribution in [3.8, 4) is 16.9 Å². The molecule has 33 heavy (non-hydrogen) atoms. The number of hydrogen-bond donors (Lipinski definition) is 1. The first-order valence-electron chi connectivity index (χ1n) is 11.2. The Morgan fingerprint density at radius 1 is 1.00 bits per heavy atom. The van der Waals surface area contributed by atoms with Crippen molar-refractivity contribution < 1.29 is 18.7 Å². The summed E-state index contributed by atoms with van der Waals surface area (Å²) in [5.74, 6) is 0.417. The Kier molecular flexibility index (Phi) is 6.80. The molecule has 3 aromatic carbocycles. The molecule has 0 aliphatic carbocycles. The molecule has 170 valence electrons. The number of aryl methyl sites for hydroxylation is 2. The Morgan fingerprint density at radius 3 is 2.64 bits per heavy atom. The van der Waals surface area contributed by atoms with Crippen molar-refractivity contribution in [1.82, 2.24) is 0 Å². The lowest BCUT2D eigenvalue weighted by Crippen LogP contribution is -2.09. The van der Waals surface area contributed by atoms with Gasteiger partial charge in [-0.2, -0.15) is 0 Å². The van der Waals surface area contributed by atoms with Gasteiger partial charge in [0, 0.05) is 23.1 Å². The first-order chi connectivity index (χ1) is 16.0. The molecule has 1 aromatic heterocycles. The van der Waals surface area contributed by atoms with Gasteiger partial charge >= 0.3 is 5.97 Å². The van der Waals surface area contributed by atoms with Gasteiger partial charge in [-0.1, -0.05) is 30.3 Å². The minimum absolute atomic E-state index is 0.177. The van der Waals surface area contributed by atoms with Crippen LogP contribution in [0.5, 0.6) is 5.75 Å². The summed E-state index contributed by atoms with van der Waals surface area (Å²) in [6, 6.07) is 18.4. The molecule has 0 aliphatic rings. The maximum Gasteiger partial charge on any atom is 0.310 e. The maximum absolute atomic E-state index is 12.0. The zero-order chi connectivity index (χ0) is 23.4. The van der Waals surface area contributed by atoms with Crippen LogP contribution in [-0.4, -0.2) is 12.6 Å². The smallest absolute Gasteiger partial charge is 0.310 e. The molecule has 0 atom stereocenters. The Bertz CT molecular complexity index is 1290. The molecule has 4 rings (SSSR count). The molecule has 2 N–H and O–H groups in total. The van der Waals surface area contributed by atoms with E-state index < -0.39 is 0 Å². The van der Waals surface area contributed by atoms with Gasteiger partial charge in [-0.3, -0.25) is 4.79 Å². The molecule has 0 spiro atoms. The van der Waals surface area contributed by atoms with Crippen LogP contribution in [0.15, 0.2) is 65.3 Å². The van der Waals surface area contributed by atoms with Gasteiger partial charge in [0.15, 0.2) is 0 Å². The number of carbonyl (C=O) groups is 1. The quantitative estimate of drug-likeness (QED) is 0.345. The second-order valence-corrected chi connectivity index (χ2v) is 8.22. The van der Waals surface area contributed by atoms with Crippen molar-refractivity contribution in [2.45, 2.75) is 40.3 Å². The third kappa shape index (κ3) is 5.10. The van der Waals surface area contributed by atoms with E-state index in [1.807, 2.05) is 44.2 Å². The van der Waals surface area contributed by atoms with Gasteiger partial charge in [-0.15, -0.1) is 0 Å². The minimum atomic E-state index is -0.264. The number of nitrogens with two attached hydrogens (primary N) is 1. The van der Waals surface area contributed by atoms with Gasteiger partial charge in [-0.05, 0) is 72.9 Å². The molecule has 0 amide bonds. The second-order valence-electron chi connectivity index (χ2n) is 8.22. The summed E-state index contributed by atoms with van der Waals surface area (Å²) in [5.41, 5.74) is 13.9. The molecule has 1 heterocycles. The number of furan rings is 1. The van der Waals surface area contributed by atoms with E-state index in [0.29, 0.717) is 25.5 Å². The van der Waals surface area contributed by atoms with Crippen molar-refractivity contribution >= 4 is 16.9 Å². The highest BCUT2D eigenvalue weighted by Gasteiger charge is 2.14. The molecule has 0 aliphatic heterocycles. The standard InChI is InChI=1S/C28H29NO4/c1-4-31-27(30)14-22-9-8-18(2)10-26(22)32-16-24-17-33-28-19(3)11-23(13-25(24)28)21-7-5-6-20(12-21)15-29/h5-13,17H,4,14-16,29H2,1-3H3. The summed E-state index contributed by atoms with van der Waals surface area (Å²) in [6.45, 7) is 7.04. The van der Waals surface area contributed by atoms with Gasteiger partial charge in [0.2, 0.25) is 0 Å². The van der Waals surface area contributed by atoms with E-state index in [-0.39, 0.29) is 12.4 Å². The highest BCUT2D eigenvalue weighted by Crippen LogP contribution is 2.32. The normalized spacial score (nSPS) is 11.0. The van der Waals surface area contributed by atoms with E-state index in [9.17, 15) is 4.79 Å². The zero-order valence-corrected chi connectivity index (χ0v) is 19.3. The average Bonchev–Trinajstić information content (AvgIpc) is 3.23. The van der Waals surface area contributed by atoms with Crippen molar-refractivity contribution in [3.05, 3.63) is 88.7 Å². The summed E-state index contributed by atoms with van der Waals surface area (Å²) < 4.78 is 17.2. The fourth-order valence-electron chi connectivity index (χ4n) is 3.98. The topological polar surface area (TPSA) is 74.7 Å². The van der Waals surface area contributed by atoms with Gasteiger partial charge in [0.25, 0.3) is 0 Å². The number of fused-ring (bicyclic) bond motifs is 1. The summed E-state index contributed by atoms with van der Waals surface area (Å²) >= 11 is 0. The fourth-order valence-corrected chi connectivity index (χ4v) is 3.98. The van der Waals surface area contributed by atoms with Gasteiger partial charge in [0.1, 0.15) is 17.9 Å².